The Kier molecular flexibility index (Phi) is 5.80. The fourth-order valence-corrected chi connectivity index (χ4v) is 3.71. The molecule has 1 aliphatic rings. The minimum Gasteiger partial charge on any atom is -0.497 e. The number of nitrogens with zero attached hydrogens (tertiary/aromatic N) is 3. The van der Waals surface area contributed by atoms with Gasteiger partial charge in [0.1, 0.15) is 11.3 Å². The monoisotopic (exact) mass is 398 g/mol. The molecule has 1 saturated heterocycles. The van der Waals surface area contributed by atoms with Crippen molar-refractivity contribution in [1.29, 1.82) is 0 Å². The second-order valence-corrected chi connectivity index (χ2v) is 7.35. The summed E-state index contributed by atoms with van der Waals surface area (Å²) >= 11 is 0. The lowest BCUT2D eigenvalue weighted by Gasteiger charge is -2.19. The maximum absolute atomic E-state index is 12.4. The zero-order valence-corrected chi connectivity index (χ0v) is 16.9. The van der Waals surface area contributed by atoms with Crippen LogP contribution in [0.5, 0.6) is 5.75 Å². The standard InChI is InChI=1S/C21H26N4O4/c1-14-16-13-15(27-2)7-8-17(16)28-18(14)19-23-21(29-24-19)20(26)22-9-12-25-10-5-3-4-6-11-25/h7-8,13H,3-6,9-12H2,1-2H3,(H,22,26). The molecular formula is C21H26N4O4. The minimum absolute atomic E-state index is 0.0618. The predicted molar refractivity (Wildman–Crippen MR) is 108 cm³/mol. The van der Waals surface area contributed by atoms with Gasteiger partial charge in [0.15, 0.2) is 5.76 Å². The zero-order chi connectivity index (χ0) is 20.2. The maximum atomic E-state index is 12.4. The van der Waals surface area contributed by atoms with Crippen molar-refractivity contribution in [1.82, 2.24) is 20.4 Å². The lowest BCUT2D eigenvalue weighted by molar-refractivity contribution is 0.0904. The number of fused-ring (bicyclic) bond motifs is 1. The first-order valence-corrected chi connectivity index (χ1v) is 10.1. The van der Waals surface area contributed by atoms with E-state index in [0.717, 1.165) is 36.3 Å². The highest BCUT2D eigenvalue weighted by Gasteiger charge is 2.21. The van der Waals surface area contributed by atoms with Crippen LogP contribution in [0.3, 0.4) is 0 Å². The van der Waals surface area contributed by atoms with Gasteiger partial charge in [0.25, 0.3) is 0 Å². The van der Waals surface area contributed by atoms with Gasteiger partial charge in [0.2, 0.25) is 5.82 Å². The number of benzene rings is 1. The molecule has 1 aromatic carbocycles. The summed E-state index contributed by atoms with van der Waals surface area (Å²) in [5.41, 5.74) is 1.57. The molecule has 0 radical (unpaired) electrons. The SMILES string of the molecule is COc1ccc2oc(-c3noc(C(=O)NCCN4CCCCCC4)n3)c(C)c2c1. The Morgan fingerprint density at radius 3 is 2.79 bits per heavy atom. The summed E-state index contributed by atoms with van der Waals surface area (Å²) < 4.78 is 16.3. The highest BCUT2D eigenvalue weighted by Crippen LogP contribution is 2.33. The molecule has 1 fully saturated rings. The van der Waals surface area contributed by atoms with Crippen LogP contribution in [0.2, 0.25) is 0 Å². The Labute approximate surface area is 169 Å². The third kappa shape index (κ3) is 4.27. The van der Waals surface area contributed by atoms with Crippen molar-refractivity contribution in [2.45, 2.75) is 32.6 Å². The van der Waals surface area contributed by atoms with Crippen LogP contribution in [0.1, 0.15) is 41.9 Å². The van der Waals surface area contributed by atoms with Crippen LogP contribution in [-0.2, 0) is 0 Å². The number of methoxy groups -OCH3 is 1. The van der Waals surface area contributed by atoms with Crippen molar-refractivity contribution in [2.24, 2.45) is 0 Å². The van der Waals surface area contributed by atoms with E-state index < -0.39 is 0 Å². The fraction of sp³-hybridized carbons (Fsp3) is 0.476. The summed E-state index contributed by atoms with van der Waals surface area (Å²) in [7, 11) is 1.62. The third-order valence-corrected chi connectivity index (χ3v) is 5.38. The molecule has 29 heavy (non-hydrogen) atoms. The lowest BCUT2D eigenvalue weighted by Crippen LogP contribution is -2.35. The number of carbonyl (C=O) groups excluding carboxylic acids is 1. The summed E-state index contributed by atoms with van der Waals surface area (Å²) in [6.45, 7) is 5.49. The van der Waals surface area contributed by atoms with E-state index in [2.05, 4.69) is 20.4 Å². The number of furan rings is 1. The minimum atomic E-state index is -0.367. The van der Waals surface area contributed by atoms with E-state index in [-0.39, 0.29) is 17.6 Å². The second-order valence-electron chi connectivity index (χ2n) is 7.35. The zero-order valence-electron chi connectivity index (χ0n) is 16.9. The number of rotatable bonds is 6. The number of aryl methyl sites for hydroxylation is 1. The van der Waals surface area contributed by atoms with Gasteiger partial charge in [0, 0.05) is 24.0 Å². The fourth-order valence-electron chi connectivity index (χ4n) is 3.71. The number of amides is 1. The smallest absolute Gasteiger partial charge is 0.316 e. The van der Waals surface area contributed by atoms with Crippen molar-refractivity contribution < 1.29 is 18.5 Å². The molecule has 3 heterocycles. The van der Waals surface area contributed by atoms with E-state index in [1.165, 1.54) is 25.7 Å². The molecule has 1 aliphatic heterocycles. The van der Waals surface area contributed by atoms with Gasteiger partial charge in [-0.3, -0.25) is 4.79 Å². The van der Waals surface area contributed by atoms with Crippen LogP contribution in [0.25, 0.3) is 22.6 Å². The first-order valence-electron chi connectivity index (χ1n) is 10.1. The van der Waals surface area contributed by atoms with Crippen LogP contribution in [0.15, 0.2) is 27.1 Å². The van der Waals surface area contributed by atoms with Gasteiger partial charge in [-0.15, -0.1) is 0 Å². The van der Waals surface area contributed by atoms with Gasteiger partial charge in [-0.05, 0) is 51.1 Å². The van der Waals surface area contributed by atoms with Gasteiger partial charge in [0.05, 0.1) is 7.11 Å². The molecule has 1 N–H and O–H groups in total. The first-order chi connectivity index (χ1) is 14.2. The lowest BCUT2D eigenvalue weighted by atomic mass is 10.1. The van der Waals surface area contributed by atoms with Gasteiger partial charge >= 0.3 is 11.8 Å². The molecule has 0 aliphatic carbocycles. The molecule has 0 bridgehead atoms. The third-order valence-electron chi connectivity index (χ3n) is 5.38. The molecule has 3 aromatic rings. The molecule has 8 heteroatoms. The molecule has 0 unspecified atom stereocenters. The number of carbonyl (C=O) groups is 1. The number of likely N-dealkylation sites (tertiary alicyclic amines) is 1. The Hall–Kier alpha value is -2.87. The summed E-state index contributed by atoms with van der Waals surface area (Å²) in [6, 6.07) is 5.56. The van der Waals surface area contributed by atoms with E-state index in [0.29, 0.717) is 17.9 Å². The molecule has 154 valence electrons. The summed E-state index contributed by atoms with van der Waals surface area (Å²) in [6.07, 6.45) is 5.04. The van der Waals surface area contributed by atoms with Crippen LogP contribution < -0.4 is 10.1 Å². The molecular weight excluding hydrogens is 372 g/mol. The molecule has 1 amide bonds. The number of nitrogens with one attached hydrogen (secondary N) is 1. The predicted octanol–water partition coefficient (Wildman–Crippen LogP) is 3.41. The second kappa shape index (κ2) is 8.65. The Bertz CT molecular complexity index is 986. The quantitative estimate of drug-likeness (QED) is 0.680. The van der Waals surface area contributed by atoms with Crippen molar-refractivity contribution in [3.8, 4) is 17.3 Å². The Balaban J connectivity index is 1.42. The highest BCUT2D eigenvalue weighted by atomic mass is 16.5. The molecule has 2 aromatic heterocycles. The summed E-state index contributed by atoms with van der Waals surface area (Å²) in [5, 5.41) is 7.71. The van der Waals surface area contributed by atoms with E-state index in [1.807, 2.05) is 25.1 Å². The van der Waals surface area contributed by atoms with Crippen LogP contribution in [0, 0.1) is 6.92 Å². The largest absolute Gasteiger partial charge is 0.497 e. The molecule has 0 spiro atoms. The van der Waals surface area contributed by atoms with Crippen molar-refractivity contribution in [3.63, 3.8) is 0 Å². The average molecular weight is 398 g/mol. The molecule has 8 nitrogen and oxygen atoms in total. The Morgan fingerprint density at radius 2 is 2.03 bits per heavy atom. The van der Waals surface area contributed by atoms with E-state index in [1.54, 1.807) is 7.11 Å². The van der Waals surface area contributed by atoms with Crippen molar-refractivity contribution in [3.05, 3.63) is 29.7 Å². The van der Waals surface area contributed by atoms with E-state index in [9.17, 15) is 4.79 Å². The first kappa shape index (κ1) is 19.4. The van der Waals surface area contributed by atoms with E-state index in [4.69, 9.17) is 13.7 Å². The van der Waals surface area contributed by atoms with Crippen molar-refractivity contribution >= 4 is 16.9 Å². The summed E-state index contributed by atoms with van der Waals surface area (Å²) in [4.78, 5) is 19.0. The molecule has 0 saturated carbocycles. The average Bonchev–Trinajstić information content (AvgIpc) is 3.25. The normalized spacial score (nSPS) is 15.4. The number of ether oxygens (including phenoxy) is 1. The van der Waals surface area contributed by atoms with Crippen molar-refractivity contribution in [2.75, 3.05) is 33.3 Å². The Morgan fingerprint density at radius 1 is 1.24 bits per heavy atom. The van der Waals surface area contributed by atoms with E-state index >= 15 is 0 Å². The van der Waals surface area contributed by atoms with Crippen LogP contribution >= 0.6 is 0 Å². The van der Waals surface area contributed by atoms with Gasteiger partial charge in [-0.2, -0.15) is 4.98 Å². The molecule has 4 rings (SSSR count). The van der Waals surface area contributed by atoms with Crippen LogP contribution in [0.4, 0.5) is 0 Å². The van der Waals surface area contributed by atoms with Gasteiger partial charge in [-0.25, -0.2) is 0 Å². The van der Waals surface area contributed by atoms with Gasteiger partial charge < -0.3 is 23.9 Å². The maximum Gasteiger partial charge on any atom is 0.316 e. The molecule has 0 atom stereocenters. The summed E-state index contributed by atoms with van der Waals surface area (Å²) in [5.74, 6) is 1.06. The number of aromatic nitrogens is 2. The number of hydrogen-bond acceptors (Lipinski definition) is 7. The van der Waals surface area contributed by atoms with Crippen LogP contribution in [-0.4, -0.2) is 54.2 Å². The number of hydrogen-bond donors (Lipinski definition) is 1. The van der Waals surface area contributed by atoms with Gasteiger partial charge in [-0.1, -0.05) is 18.0 Å². The topological polar surface area (TPSA) is 93.6 Å². The highest BCUT2D eigenvalue weighted by molar-refractivity contribution is 5.91.